The normalized spacial score (nSPS) is 15.6. The van der Waals surface area contributed by atoms with E-state index in [1.165, 1.54) is 28.4 Å². The van der Waals surface area contributed by atoms with Crippen molar-refractivity contribution in [3.05, 3.63) is 64.6 Å². The van der Waals surface area contributed by atoms with E-state index in [9.17, 15) is 13.2 Å². The summed E-state index contributed by atoms with van der Waals surface area (Å²) < 4.78 is 40.9. The zero-order valence-electron chi connectivity index (χ0n) is 15.2. The SMILES string of the molecule is Cc1ccc2c(c1)c1c(n2C=Cc2cncc(C(F)(F)F)c2)CCN(C)C1. The van der Waals surface area contributed by atoms with Crippen LogP contribution in [0.4, 0.5) is 13.2 Å². The molecule has 0 atom stereocenters. The van der Waals surface area contributed by atoms with Gasteiger partial charge in [0.05, 0.1) is 11.1 Å². The molecule has 6 heteroatoms. The standard InChI is InChI=1S/C21H20F3N3/c1-14-3-4-19-17(9-14)18-13-26(2)7-6-20(18)27(19)8-5-15-10-16(12-25-11-15)21(22,23)24/h3-5,8-12H,6-7,13H2,1-2H3. The molecule has 4 rings (SSSR count). The lowest BCUT2D eigenvalue weighted by Crippen LogP contribution is -2.26. The smallest absolute Gasteiger partial charge is 0.320 e. The number of alkyl halides is 3. The number of hydrogen-bond acceptors (Lipinski definition) is 2. The average molecular weight is 371 g/mol. The lowest BCUT2D eigenvalue weighted by atomic mass is 10.0. The van der Waals surface area contributed by atoms with Crippen LogP contribution >= 0.6 is 0 Å². The number of aromatic nitrogens is 2. The van der Waals surface area contributed by atoms with Crippen LogP contribution in [0.15, 0.2) is 36.7 Å². The summed E-state index contributed by atoms with van der Waals surface area (Å²) in [6.45, 7) is 3.91. The van der Waals surface area contributed by atoms with Crippen LogP contribution in [0.5, 0.6) is 0 Å². The third-order valence-electron chi connectivity index (χ3n) is 5.04. The van der Waals surface area contributed by atoms with Crippen molar-refractivity contribution < 1.29 is 13.2 Å². The lowest BCUT2D eigenvalue weighted by molar-refractivity contribution is -0.137. The maximum atomic E-state index is 12.9. The van der Waals surface area contributed by atoms with Crippen LogP contribution in [0.3, 0.4) is 0 Å². The minimum absolute atomic E-state index is 0.431. The molecule has 0 radical (unpaired) electrons. The molecule has 3 aromatic rings. The lowest BCUT2D eigenvalue weighted by Gasteiger charge is -2.23. The number of likely N-dealkylation sites (N-methyl/N-ethyl adjacent to an activating group) is 1. The van der Waals surface area contributed by atoms with Crippen LogP contribution < -0.4 is 0 Å². The summed E-state index contributed by atoms with van der Waals surface area (Å²) in [5.74, 6) is 0. The van der Waals surface area contributed by atoms with Crippen molar-refractivity contribution >= 4 is 23.2 Å². The Bertz CT molecular complexity index is 1030. The largest absolute Gasteiger partial charge is 0.417 e. The highest BCUT2D eigenvalue weighted by atomic mass is 19.4. The van der Waals surface area contributed by atoms with Gasteiger partial charge in [-0.1, -0.05) is 11.6 Å². The molecule has 3 nitrogen and oxygen atoms in total. The van der Waals surface area contributed by atoms with Crippen molar-refractivity contribution in [1.29, 1.82) is 0 Å². The van der Waals surface area contributed by atoms with E-state index in [1.54, 1.807) is 6.08 Å². The van der Waals surface area contributed by atoms with E-state index in [2.05, 4.69) is 46.6 Å². The summed E-state index contributed by atoms with van der Waals surface area (Å²) in [4.78, 5) is 6.02. The summed E-state index contributed by atoms with van der Waals surface area (Å²) in [5, 5.41) is 1.21. The number of hydrogen-bond donors (Lipinski definition) is 0. The first-order valence-corrected chi connectivity index (χ1v) is 8.84. The fraction of sp³-hybridized carbons (Fsp3) is 0.286. The van der Waals surface area contributed by atoms with Gasteiger partial charge in [-0.25, -0.2) is 0 Å². The highest BCUT2D eigenvalue weighted by Gasteiger charge is 2.30. The van der Waals surface area contributed by atoms with Crippen molar-refractivity contribution in [2.45, 2.75) is 26.1 Å². The Balaban J connectivity index is 1.80. The van der Waals surface area contributed by atoms with Crippen molar-refractivity contribution in [1.82, 2.24) is 14.5 Å². The molecule has 0 saturated heterocycles. The van der Waals surface area contributed by atoms with Gasteiger partial charge in [-0.15, -0.1) is 0 Å². The molecule has 0 N–H and O–H groups in total. The number of aryl methyl sites for hydroxylation is 1. The van der Waals surface area contributed by atoms with Crippen molar-refractivity contribution in [3.8, 4) is 0 Å². The van der Waals surface area contributed by atoms with Gasteiger partial charge in [0.1, 0.15) is 0 Å². The molecule has 3 heterocycles. The van der Waals surface area contributed by atoms with Gasteiger partial charge in [0.2, 0.25) is 0 Å². The molecule has 1 aliphatic heterocycles. The quantitative estimate of drug-likeness (QED) is 0.634. The maximum absolute atomic E-state index is 12.9. The Hall–Kier alpha value is -2.60. The molecule has 2 aromatic heterocycles. The Morgan fingerprint density at radius 2 is 1.96 bits per heavy atom. The summed E-state index contributed by atoms with van der Waals surface area (Å²) in [6.07, 6.45) is 2.37. The van der Waals surface area contributed by atoms with E-state index < -0.39 is 11.7 Å². The first-order valence-electron chi connectivity index (χ1n) is 8.84. The van der Waals surface area contributed by atoms with Crippen LogP contribution in [0.25, 0.3) is 23.2 Å². The van der Waals surface area contributed by atoms with Gasteiger partial charge in [0, 0.05) is 49.2 Å². The summed E-state index contributed by atoms with van der Waals surface area (Å²) in [5.41, 5.74) is 4.50. The monoisotopic (exact) mass is 371 g/mol. The van der Waals surface area contributed by atoms with Crippen LogP contribution in [-0.4, -0.2) is 28.0 Å². The van der Waals surface area contributed by atoms with Crippen LogP contribution in [0, 0.1) is 6.92 Å². The second kappa shape index (κ2) is 6.53. The fourth-order valence-electron chi connectivity index (χ4n) is 3.68. The Morgan fingerprint density at radius 3 is 2.74 bits per heavy atom. The van der Waals surface area contributed by atoms with Gasteiger partial charge >= 0.3 is 6.18 Å². The third kappa shape index (κ3) is 3.37. The number of rotatable bonds is 2. The fourth-order valence-corrected chi connectivity index (χ4v) is 3.68. The van der Waals surface area contributed by atoms with Gasteiger partial charge in [-0.2, -0.15) is 13.2 Å². The highest BCUT2D eigenvalue weighted by molar-refractivity contribution is 5.89. The van der Waals surface area contributed by atoms with Gasteiger partial charge in [0.25, 0.3) is 0 Å². The predicted molar refractivity (Wildman–Crippen MR) is 101 cm³/mol. The number of pyridine rings is 1. The summed E-state index contributed by atoms with van der Waals surface area (Å²) in [7, 11) is 2.10. The van der Waals surface area contributed by atoms with E-state index in [1.807, 2.05) is 6.20 Å². The molecule has 0 bridgehead atoms. The predicted octanol–water partition coefficient (Wildman–Crippen LogP) is 4.98. The minimum Gasteiger partial charge on any atom is -0.320 e. The maximum Gasteiger partial charge on any atom is 0.417 e. The molecule has 0 fully saturated rings. The molecule has 0 spiro atoms. The molecule has 0 amide bonds. The molecule has 1 aromatic carbocycles. The number of halogens is 3. The zero-order valence-corrected chi connectivity index (χ0v) is 15.2. The molecule has 0 saturated carbocycles. The molecular formula is C21H20F3N3. The van der Waals surface area contributed by atoms with Crippen molar-refractivity contribution in [3.63, 3.8) is 0 Å². The van der Waals surface area contributed by atoms with Crippen LogP contribution in [0.2, 0.25) is 0 Å². The van der Waals surface area contributed by atoms with Crippen molar-refractivity contribution in [2.75, 3.05) is 13.6 Å². The first-order chi connectivity index (χ1) is 12.8. The molecule has 140 valence electrons. The molecule has 1 aliphatic rings. The number of fused-ring (bicyclic) bond motifs is 3. The van der Waals surface area contributed by atoms with Crippen LogP contribution in [0.1, 0.15) is 27.9 Å². The second-order valence-electron chi connectivity index (χ2n) is 7.12. The Morgan fingerprint density at radius 1 is 1.15 bits per heavy atom. The molecule has 0 unspecified atom stereocenters. The summed E-state index contributed by atoms with van der Waals surface area (Å²) in [6, 6.07) is 7.45. The van der Waals surface area contributed by atoms with Gasteiger partial charge < -0.3 is 9.47 Å². The molecule has 27 heavy (non-hydrogen) atoms. The molecular weight excluding hydrogens is 351 g/mol. The van der Waals surface area contributed by atoms with Gasteiger partial charge in [-0.05, 0) is 49.4 Å². The Kier molecular flexibility index (Phi) is 4.30. The van der Waals surface area contributed by atoms with E-state index in [-0.39, 0.29) is 0 Å². The average Bonchev–Trinajstić information content (AvgIpc) is 2.92. The van der Waals surface area contributed by atoms with Gasteiger partial charge in [-0.3, -0.25) is 4.98 Å². The molecule has 0 aliphatic carbocycles. The number of nitrogens with zero attached hydrogens (tertiary/aromatic N) is 3. The first kappa shape index (κ1) is 17.8. The minimum atomic E-state index is -4.39. The topological polar surface area (TPSA) is 21.1 Å². The zero-order chi connectivity index (χ0) is 19.2. The van der Waals surface area contributed by atoms with E-state index >= 15 is 0 Å². The van der Waals surface area contributed by atoms with E-state index in [4.69, 9.17) is 0 Å². The van der Waals surface area contributed by atoms with E-state index in [0.29, 0.717) is 5.56 Å². The third-order valence-corrected chi connectivity index (χ3v) is 5.04. The van der Waals surface area contributed by atoms with Crippen molar-refractivity contribution in [2.24, 2.45) is 0 Å². The highest BCUT2D eigenvalue weighted by Crippen LogP contribution is 2.32. The van der Waals surface area contributed by atoms with E-state index in [0.717, 1.165) is 37.3 Å². The van der Waals surface area contributed by atoms with Gasteiger partial charge in [0.15, 0.2) is 0 Å². The van der Waals surface area contributed by atoms with Crippen LogP contribution in [-0.2, 0) is 19.1 Å². The Labute approximate surface area is 155 Å². The number of benzene rings is 1. The summed E-state index contributed by atoms with van der Waals surface area (Å²) >= 11 is 0. The second-order valence-corrected chi connectivity index (χ2v) is 7.12.